The highest BCUT2D eigenvalue weighted by Crippen LogP contribution is 2.36. The van der Waals surface area contributed by atoms with Crippen molar-refractivity contribution in [1.29, 1.82) is 0 Å². The first-order valence-electron chi connectivity index (χ1n) is 6.11. The molecule has 1 aromatic carbocycles. The average molecular weight is 311 g/mol. The number of halogens is 1. The molecular formula is C15H15ClO3S. The number of Topliss-reactive ketones (excluding diaryl/α,β-unsaturated/α-hetero) is 1. The standard InChI is InChI=1S/C15H15ClO3S/c1-18-14-8-11(7-12(16)15(14)19-2)13(17)4-3-10-5-6-20-9-10/h5-9H,3-4H2,1-2H3. The first-order valence-corrected chi connectivity index (χ1v) is 7.43. The van der Waals surface area contributed by atoms with Crippen LogP contribution < -0.4 is 9.47 Å². The minimum absolute atomic E-state index is 0.0408. The average Bonchev–Trinajstić information content (AvgIpc) is 2.97. The fourth-order valence-electron chi connectivity index (χ4n) is 1.92. The number of rotatable bonds is 6. The first kappa shape index (κ1) is 14.9. The van der Waals surface area contributed by atoms with Crippen LogP contribution in [0, 0.1) is 0 Å². The van der Waals surface area contributed by atoms with Crippen molar-refractivity contribution in [2.75, 3.05) is 14.2 Å². The van der Waals surface area contributed by atoms with E-state index >= 15 is 0 Å². The second-order valence-electron chi connectivity index (χ2n) is 4.25. The van der Waals surface area contributed by atoms with Crippen LogP contribution in [0.2, 0.25) is 5.02 Å². The predicted molar refractivity (Wildman–Crippen MR) is 81.5 cm³/mol. The molecule has 5 heteroatoms. The molecule has 2 aromatic rings. The maximum Gasteiger partial charge on any atom is 0.179 e. The number of aryl methyl sites for hydroxylation is 1. The minimum Gasteiger partial charge on any atom is -0.493 e. The number of thiophene rings is 1. The van der Waals surface area contributed by atoms with Crippen molar-refractivity contribution in [3.05, 3.63) is 45.1 Å². The number of hydrogen-bond acceptors (Lipinski definition) is 4. The van der Waals surface area contributed by atoms with Gasteiger partial charge in [0, 0.05) is 12.0 Å². The van der Waals surface area contributed by atoms with Gasteiger partial charge in [0.05, 0.1) is 19.2 Å². The normalized spacial score (nSPS) is 10.3. The zero-order valence-corrected chi connectivity index (χ0v) is 12.9. The third kappa shape index (κ3) is 3.32. The molecule has 0 radical (unpaired) electrons. The Hall–Kier alpha value is -1.52. The van der Waals surface area contributed by atoms with Crippen molar-refractivity contribution in [3.63, 3.8) is 0 Å². The smallest absolute Gasteiger partial charge is 0.179 e. The molecule has 0 unspecified atom stereocenters. The molecule has 0 atom stereocenters. The third-order valence-corrected chi connectivity index (χ3v) is 3.99. The molecule has 20 heavy (non-hydrogen) atoms. The van der Waals surface area contributed by atoms with Crippen LogP contribution >= 0.6 is 22.9 Å². The van der Waals surface area contributed by atoms with E-state index in [4.69, 9.17) is 21.1 Å². The summed E-state index contributed by atoms with van der Waals surface area (Å²) in [5, 5.41) is 4.44. The minimum atomic E-state index is 0.0408. The molecule has 0 bridgehead atoms. The van der Waals surface area contributed by atoms with Gasteiger partial charge in [-0.25, -0.2) is 0 Å². The van der Waals surface area contributed by atoms with E-state index in [0.717, 1.165) is 6.42 Å². The Morgan fingerprint density at radius 1 is 1.30 bits per heavy atom. The summed E-state index contributed by atoms with van der Waals surface area (Å²) in [6.07, 6.45) is 1.18. The molecule has 0 aliphatic rings. The van der Waals surface area contributed by atoms with Crippen LogP contribution in [0.1, 0.15) is 22.3 Å². The quantitative estimate of drug-likeness (QED) is 0.749. The summed E-state index contributed by atoms with van der Waals surface area (Å²) >= 11 is 7.73. The molecule has 2 rings (SSSR count). The van der Waals surface area contributed by atoms with Gasteiger partial charge in [-0.2, -0.15) is 11.3 Å². The molecule has 106 valence electrons. The van der Waals surface area contributed by atoms with Gasteiger partial charge in [-0.15, -0.1) is 0 Å². The summed E-state index contributed by atoms with van der Waals surface area (Å²) in [6.45, 7) is 0. The summed E-state index contributed by atoms with van der Waals surface area (Å²) in [7, 11) is 3.04. The number of carbonyl (C=O) groups excluding carboxylic acids is 1. The second-order valence-corrected chi connectivity index (χ2v) is 5.44. The zero-order valence-electron chi connectivity index (χ0n) is 11.3. The maximum absolute atomic E-state index is 12.2. The first-order chi connectivity index (χ1) is 9.65. The van der Waals surface area contributed by atoms with Crippen molar-refractivity contribution in [2.24, 2.45) is 0 Å². The largest absolute Gasteiger partial charge is 0.493 e. The van der Waals surface area contributed by atoms with Gasteiger partial charge in [-0.05, 0) is 40.9 Å². The molecule has 1 heterocycles. The van der Waals surface area contributed by atoms with Gasteiger partial charge >= 0.3 is 0 Å². The second kappa shape index (κ2) is 6.77. The summed E-state index contributed by atoms with van der Waals surface area (Å²) in [4.78, 5) is 12.2. The lowest BCUT2D eigenvalue weighted by Gasteiger charge is -2.11. The van der Waals surface area contributed by atoms with E-state index in [-0.39, 0.29) is 5.78 Å². The summed E-state index contributed by atoms with van der Waals surface area (Å²) in [5.74, 6) is 0.960. The van der Waals surface area contributed by atoms with Crippen LogP contribution in [-0.4, -0.2) is 20.0 Å². The van der Waals surface area contributed by atoms with Gasteiger partial charge in [0.25, 0.3) is 0 Å². The highest BCUT2D eigenvalue weighted by molar-refractivity contribution is 7.07. The molecule has 3 nitrogen and oxygen atoms in total. The van der Waals surface area contributed by atoms with Crippen molar-refractivity contribution >= 4 is 28.7 Å². The Balaban J connectivity index is 2.15. The Morgan fingerprint density at radius 3 is 2.70 bits per heavy atom. The lowest BCUT2D eigenvalue weighted by Crippen LogP contribution is -2.02. The predicted octanol–water partition coefficient (Wildman–Crippen LogP) is 4.23. The van der Waals surface area contributed by atoms with Gasteiger partial charge < -0.3 is 9.47 Å². The topological polar surface area (TPSA) is 35.5 Å². The number of benzene rings is 1. The van der Waals surface area contributed by atoms with Crippen molar-refractivity contribution in [3.8, 4) is 11.5 Å². The van der Waals surface area contributed by atoms with Gasteiger partial charge in [0.2, 0.25) is 0 Å². The molecule has 0 aliphatic heterocycles. The monoisotopic (exact) mass is 310 g/mol. The highest BCUT2D eigenvalue weighted by atomic mass is 35.5. The zero-order chi connectivity index (χ0) is 14.5. The van der Waals surface area contributed by atoms with Crippen LogP contribution in [0.15, 0.2) is 29.0 Å². The SMILES string of the molecule is COc1cc(C(=O)CCc2ccsc2)cc(Cl)c1OC. The van der Waals surface area contributed by atoms with E-state index in [0.29, 0.717) is 28.5 Å². The van der Waals surface area contributed by atoms with Crippen LogP contribution in [0.4, 0.5) is 0 Å². The van der Waals surface area contributed by atoms with Crippen LogP contribution in [0.5, 0.6) is 11.5 Å². The molecule has 0 fully saturated rings. The summed E-state index contributed by atoms with van der Waals surface area (Å²) in [6, 6.07) is 5.32. The van der Waals surface area contributed by atoms with E-state index in [9.17, 15) is 4.79 Å². The number of hydrogen-bond donors (Lipinski definition) is 0. The van der Waals surface area contributed by atoms with Gasteiger partial charge in [-0.1, -0.05) is 11.6 Å². The number of ether oxygens (including phenoxy) is 2. The number of methoxy groups -OCH3 is 2. The molecule has 1 aromatic heterocycles. The van der Waals surface area contributed by atoms with Gasteiger partial charge in [0.1, 0.15) is 0 Å². The van der Waals surface area contributed by atoms with E-state index in [1.807, 2.05) is 11.4 Å². The maximum atomic E-state index is 12.2. The van der Waals surface area contributed by atoms with Gasteiger partial charge in [-0.3, -0.25) is 4.79 Å². The van der Waals surface area contributed by atoms with E-state index in [1.54, 1.807) is 23.5 Å². The summed E-state index contributed by atoms with van der Waals surface area (Å²) in [5.41, 5.74) is 1.72. The van der Waals surface area contributed by atoms with E-state index in [2.05, 4.69) is 5.38 Å². The fraction of sp³-hybridized carbons (Fsp3) is 0.267. The molecule has 0 amide bonds. The lowest BCUT2D eigenvalue weighted by molar-refractivity contribution is 0.0982. The molecule has 0 spiro atoms. The van der Waals surface area contributed by atoms with Crippen LogP contribution in [0.25, 0.3) is 0 Å². The van der Waals surface area contributed by atoms with Crippen molar-refractivity contribution < 1.29 is 14.3 Å². The van der Waals surface area contributed by atoms with Gasteiger partial charge in [0.15, 0.2) is 17.3 Å². The summed E-state index contributed by atoms with van der Waals surface area (Å²) < 4.78 is 10.4. The lowest BCUT2D eigenvalue weighted by atomic mass is 10.0. The molecular weight excluding hydrogens is 296 g/mol. The van der Waals surface area contributed by atoms with Crippen molar-refractivity contribution in [2.45, 2.75) is 12.8 Å². The third-order valence-electron chi connectivity index (χ3n) is 2.98. The van der Waals surface area contributed by atoms with Crippen molar-refractivity contribution in [1.82, 2.24) is 0 Å². The number of carbonyl (C=O) groups is 1. The Morgan fingerprint density at radius 2 is 2.10 bits per heavy atom. The molecule has 0 aliphatic carbocycles. The molecule has 0 N–H and O–H groups in total. The Bertz CT molecular complexity index is 593. The Labute approximate surface area is 127 Å². The van der Waals surface area contributed by atoms with Crippen LogP contribution in [-0.2, 0) is 6.42 Å². The van der Waals surface area contributed by atoms with Crippen LogP contribution in [0.3, 0.4) is 0 Å². The number of ketones is 1. The molecule has 0 saturated heterocycles. The van der Waals surface area contributed by atoms with E-state index < -0.39 is 0 Å². The fourth-order valence-corrected chi connectivity index (χ4v) is 2.91. The highest BCUT2D eigenvalue weighted by Gasteiger charge is 2.15. The Kier molecular flexibility index (Phi) is 5.04. The molecule has 0 saturated carbocycles. The van der Waals surface area contributed by atoms with E-state index in [1.165, 1.54) is 19.8 Å².